The molecule has 0 atom stereocenters. The van der Waals surface area contributed by atoms with Crippen LogP contribution < -0.4 is 19.9 Å². The lowest BCUT2D eigenvalue weighted by Crippen LogP contribution is -2.10. The number of methoxy groups -OCH3 is 1. The highest BCUT2D eigenvalue weighted by molar-refractivity contribution is 6.32. The summed E-state index contributed by atoms with van der Waals surface area (Å²) < 4.78 is 16.6. The van der Waals surface area contributed by atoms with Crippen LogP contribution in [0.1, 0.15) is 11.1 Å². The van der Waals surface area contributed by atoms with Gasteiger partial charge < -0.3 is 19.9 Å². The summed E-state index contributed by atoms with van der Waals surface area (Å²) in [5, 5.41) is 1.18. The zero-order valence-corrected chi connectivity index (χ0v) is 14.6. The molecule has 0 fully saturated rings. The van der Waals surface area contributed by atoms with Crippen LogP contribution in [0.4, 0.5) is 0 Å². The van der Waals surface area contributed by atoms with E-state index in [1.165, 1.54) is 0 Å². The monoisotopic (exact) mass is 355 g/mol. The van der Waals surface area contributed by atoms with E-state index in [0.29, 0.717) is 41.3 Å². The van der Waals surface area contributed by atoms with E-state index in [-0.39, 0.29) is 0 Å². The first-order valence-electron chi connectivity index (χ1n) is 7.13. The van der Waals surface area contributed by atoms with Crippen molar-refractivity contribution in [1.82, 2.24) is 0 Å². The Morgan fingerprint density at radius 1 is 1.00 bits per heavy atom. The lowest BCUT2D eigenvalue weighted by molar-refractivity contribution is 0.211. The molecule has 2 rings (SSSR count). The minimum Gasteiger partial charge on any atom is -0.493 e. The summed E-state index contributed by atoms with van der Waals surface area (Å²) in [5.74, 6) is 1.79. The van der Waals surface area contributed by atoms with Crippen molar-refractivity contribution in [3.63, 3.8) is 0 Å². The summed E-state index contributed by atoms with van der Waals surface area (Å²) in [4.78, 5) is 0. The SMILES string of the molecule is COc1cc(CN)cc(Cl)c1OCCOc1ccc(Cl)c(C)c1. The predicted molar refractivity (Wildman–Crippen MR) is 93.1 cm³/mol. The lowest BCUT2D eigenvalue weighted by atomic mass is 10.2. The van der Waals surface area contributed by atoms with Crippen molar-refractivity contribution >= 4 is 23.2 Å². The van der Waals surface area contributed by atoms with E-state index in [2.05, 4.69) is 0 Å². The predicted octanol–water partition coefficient (Wildman–Crippen LogP) is 4.23. The molecule has 6 heteroatoms. The van der Waals surface area contributed by atoms with Gasteiger partial charge in [-0.2, -0.15) is 0 Å². The minimum absolute atomic E-state index is 0.333. The fraction of sp³-hybridized carbons (Fsp3) is 0.294. The summed E-state index contributed by atoms with van der Waals surface area (Å²) in [7, 11) is 1.56. The highest BCUT2D eigenvalue weighted by Gasteiger charge is 2.11. The number of nitrogens with two attached hydrogens (primary N) is 1. The number of rotatable bonds is 7. The number of halogens is 2. The molecule has 0 spiro atoms. The van der Waals surface area contributed by atoms with Crippen molar-refractivity contribution in [2.24, 2.45) is 5.73 Å². The molecule has 2 N–H and O–H groups in total. The van der Waals surface area contributed by atoms with E-state index >= 15 is 0 Å². The van der Waals surface area contributed by atoms with E-state index in [0.717, 1.165) is 16.9 Å². The van der Waals surface area contributed by atoms with Crippen molar-refractivity contribution in [2.75, 3.05) is 20.3 Å². The van der Waals surface area contributed by atoms with Crippen molar-refractivity contribution in [1.29, 1.82) is 0 Å². The molecule has 0 unspecified atom stereocenters. The number of ether oxygens (including phenoxy) is 3. The molecule has 0 aliphatic heterocycles. The Balaban J connectivity index is 1.94. The maximum absolute atomic E-state index is 6.21. The average Bonchev–Trinajstić information content (AvgIpc) is 2.55. The lowest BCUT2D eigenvalue weighted by Gasteiger charge is -2.14. The third-order valence-corrected chi connectivity index (χ3v) is 3.96. The Labute approximate surface area is 146 Å². The summed E-state index contributed by atoms with van der Waals surface area (Å²) in [6.07, 6.45) is 0. The number of benzene rings is 2. The van der Waals surface area contributed by atoms with E-state index in [4.69, 9.17) is 43.1 Å². The van der Waals surface area contributed by atoms with Crippen LogP contribution in [0, 0.1) is 6.92 Å². The molecule has 0 aliphatic carbocycles. The second-order valence-corrected chi connectivity index (χ2v) is 5.74. The van der Waals surface area contributed by atoms with E-state index in [9.17, 15) is 0 Å². The first kappa shape index (κ1) is 17.7. The van der Waals surface area contributed by atoms with Gasteiger partial charge in [0.2, 0.25) is 0 Å². The van der Waals surface area contributed by atoms with Gasteiger partial charge in [0.1, 0.15) is 19.0 Å². The van der Waals surface area contributed by atoms with Gasteiger partial charge in [-0.1, -0.05) is 23.2 Å². The molecule has 4 nitrogen and oxygen atoms in total. The molecule has 0 amide bonds. The van der Waals surface area contributed by atoms with Crippen molar-refractivity contribution in [2.45, 2.75) is 13.5 Å². The third kappa shape index (κ3) is 4.67. The number of hydrogen-bond donors (Lipinski definition) is 1. The van der Waals surface area contributed by atoms with Gasteiger partial charge >= 0.3 is 0 Å². The second-order valence-electron chi connectivity index (χ2n) is 4.92. The van der Waals surface area contributed by atoms with Gasteiger partial charge in [0.15, 0.2) is 11.5 Å². The Morgan fingerprint density at radius 3 is 2.39 bits per heavy atom. The van der Waals surface area contributed by atoms with E-state index in [1.54, 1.807) is 19.2 Å². The summed E-state index contributed by atoms with van der Waals surface area (Å²) in [6.45, 7) is 3.02. The van der Waals surface area contributed by atoms with Crippen LogP contribution in [0.25, 0.3) is 0 Å². The first-order valence-corrected chi connectivity index (χ1v) is 7.89. The number of aryl methyl sites for hydroxylation is 1. The van der Waals surface area contributed by atoms with Gasteiger partial charge in [0.05, 0.1) is 12.1 Å². The molecule has 23 heavy (non-hydrogen) atoms. The molecule has 0 aliphatic rings. The molecular weight excluding hydrogens is 337 g/mol. The highest BCUT2D eigenvalue weighted by Crippen LogP contribution is 2.36. The molecule has 0 saturated carbocycles. The zero-order chi connectivity index (χ0) is 16.8. The molecule has 2 aromatic rings. The van der Waals surface area contributed by atoms with Crippen LogP contribution in [0.3, 0.4) is 0 Å². The Hall–Kier alpha value is -1.62. The summed E-state index contributed by atoms with van der Waals surface area (Å²) in [6, 6.07) is 9.08. The molecular formula is C17H19Cl2NO3. The highest BCUT2D eigenvalue weighted by atomic mass is 35.5. The molecule has 124 valence electrons. The van der Waals surface area contributed by atoms with Crippen LogP contribution in [0.2, 0.25) is 10.0 Å². The molecule has 0 aromatic heterocycles. The Kier molecular flexibility index (Phi) is 6.39. The minimum atomic E-state index is 0.333. The molecule has 0 saturated heterocycles. The molecule has 0 radical (unpaired) electrons. The van der Waals surface area contributed by atoms with Crippen molar-refractivity contribution in [3.8, 4) is 17.2 Å². The fourth-order valence-corrected chi connectivity index (χ4v) is 2.45. The largest absolute Gasteiger partial charge is 0.493 e. The first-order chi connectivity index (χ1) is 11.0. The molecule has 0 bridgehead atoms. The van der Waals surface area contributed by atoms with Gasteiger partial charge in [-0.05, 0) is 48.4 Å². The van der Waals surface area contributed by atoms with Gasteiger partial charge in [-0.15, -0.1) is 0 Å². The normalized spacial score (nSPS) is 10.5. The molecule has 2 aromatic carbocycles. The van der Waals surface area contributed by atoms with Gasteiger partial charge in [-0.3, -0.25) is 0 Å². The smallest absolute Gasteiger partial charge is 0.179 e. The quantitative estimate of drug-likeness (QED) is 0.755. The van der Waals surface area contributed by atoms with Crippen LogP contribution in [0.5, 0.6) is 17.2 Å². The van der Waals surface area contributed by atoms with Crippen molar-refractivity contribution < 1.29 is 14.2 Å². The summed E-state index contributed by atoms with van der Waals surface area (Å²) >= 11 is 12.2. The van der Waals surface area contributed by atoms with Gasteiger partial charge in [0, 0.05) is 11.6 Å². The van der Waals surface area contributed by atoms with Gasteiger partial charge in [0.25, 0.3) is 0 Å². The maximum Gasteiger partial charge on any atom is 0.179 e. The molecule has 0 heterocycles. The van der Waals surface area contributed by atoms with Crippen LogP contribution in [0.15, 0.2) is 30.3 Å². The maximum atomic E-state index is 6.21. The van der Waals surface area contributed by atoms with Crippen LogP contribution in [-0.2, 0) is 6.54 Å². The van der Waals surface area contributed by atoms with Gasteiger partial charge in [-0.25, -0.2) is 0 Å². The fourth-order valence-electron chi connectivity index (χ4n) is 2.04. The Morgan fingerprint density at radius 2 is 1.74 bits per heavy atom. The average molecular weight is 356 g/mol. The van der Waals surface area contributed by atoms with E-state index in [1.807, 2.05) is 25.1 Å². The Bertz CT molecular complexity index is 677. The number of hydrogen-bond acceptors (Lipinski definition) is 4. The second kappa shape index (κ2) is 8.29. The van der Waals surface area contributed by atoms with Crippen molar-refractivity contribution in [3.05, 3.63) is 51.5 Å². The zero-order valence-electron chi connectivity index (χ0n) is 13.1. The standard InChI is InChI=1S/C17H19Cl2NO3/c1-11-7-13(3-4-14(11)18)22-5-6-23-17-15(19)8-12(10-20)9-16(17)21-2/h3-4,7-9H,5-6,10,20H2,1-2H3. The van der Waals surface area contributed by atoms with Crippen LogP contribution >= 0.6 is 23.2 Å². The summed E-state index contributed by atoms with van der Waals surface area (Å²) in [5.41, 5.74) is 7.46. The van der Waals surface area contributed by atoms with Crippen LogP contribution in [-0.4, -0.2) is 20.3 Å². The topological polar surface area (TPSA) is 53.7 Å². The third-order valence-electron chi connectivity index (χ3n) is 3.25. The van der Waals surface area contributed by atoms with E-state index < -0.39 is 0 Å².